The molecule has 2 aromatic carbocycles. The van der Waals surface area contributed by atoms with Crippen LogP contribution in [0.4, 0.5) is 5.69 Å². The topological polar surface area (TPSA) is 63.4 Å². The van der Waals surface area contributed by atoms with Gasteiger partial charge in [0.05, 0.1) is 16.8 Å². The summed E-state index contributed by atoms with van der Waals surface area (Å²) in [4.78, 5) is 13.3. The number of carbonyl (C=O) groups excluding carboxylic acids is 1. The Bertz CT molecular complexity index is 958. The van der Waals surface area contributed by atoms with Crippen LogP contribution in [0, 0.1) is 11.1 Å². The molecule has 4 rings (SSSR count). The van der Waals surface area contributed by atoms with Crippen molar-refractivity contribution in [3.8, 4) is 0 Å². The van der Waals surface area contributed by atoms with E-state index in [-0.39, 0.29) is 17.7 Å². The largest absolute Gasteiger partial charge is 0.605 e. The number of hydroxylamine groups is 1. The first-order chi connectivity index (χ1) is 15.0. The lowest BCUT2D eigenvalue weighted by molar-refractivity contribution is -0.896. The van der Waals surface area contributed by atoms with Crippen molar-refractivity contribution in [2.45, 2.75) is 38.6 Å². The Morgan fingerprint density at radius 1 is 1.03 bits per heavy atom. The molecule has 1 N–H and O–H groups in total. The first-order valence-electron chi connectivity index (χ1n) is 10.7. The number of anilines is 1. The molecule has 0 saturated carbocycles. The smallest absolute Gasteiger partial charge is 0.380 e. The zero-order valence-corrected chi connectivity index (χ0v) is 18.9. The number of carbonyl (C=O) groups is 1. The first kappa shape index (κ1) is 22.2. The Morgan fingerprint density at radius 2 is 1.68 bits per heavy atom. The van der Waals surface area contributed by atoms with E-state index < -0.39 is 11.1 Å². The summed E-state index contributed by atoms with van der Waals surface area (Å²) in [6.07, 6.45) is 4.04. The Hall–Kier alpha value is -1.96. The average molecular weight is 461 g/mol. The van der Waals surface area contributed by atoms with Gasteiger partial charge >= 0.3 is 5.91 Å². The number of quaternary nitrogens is 1. The molecule has 2 aliphatic rings. The summed E-state index contributed by atoms with van der Waals surface area (Å²) in [5, 5.41) is 21.8. The third-order valence-electron chi connectivity index (χ3n) is 6.01. The Labute approximate surface area is 192 Å². The molecule has 8 heteroatoms. The molecule has 1 unspecified atom stereocenters. The highest BCUT2D eigenvalue weighted by Gasteiger charge is 2.43. The van der Waals surface area contributed by atoms with Crippen molar-refractivity contribution in [1.82, 2.24) is 5.01 Å². The normalized spacial score (nSPS) is 23.4. The molecule has 1 fully saturated rings. The average Bonchev–Trinajstić information content (AvgIpc) is 2.94. The Balaban J connectivity index is 1.69. The van der Waals surface area contributed by atoms with Crippen molar-refractivity contribution in [2.24, 2.45) is 11.0 Å². The second kappa shape index (κ2) is 9.67. The molecule has 0 bridgehead atoms. The van der Waals surface area contributed by atoms with Crippen LogP contribution >= 0.6 is 23.2 Å². The molecule has 2 heterocycles. The molecule has 0 radical (unpaired) electrons. The zero-order chi connectivity index (χ0) is 22.0. The van der Waals surface area contributed by atoms with E-state index in [1.54, 1.807) is 16.1 Å². The summed E-state index contributed by atoms with van der Waals surface area (Å²) in [5.41, 5.74) is 1.92. The quantitative estimate of drug-likeness (QED) is 0.692. The molecule has 2 aliphatic heterocycles. The van der Waals surface area contributed by atoms with Gasteiger partial charge in [0, 0.05) is 24.0 Å². The summed E-state index contributed by atoms with van der Waals surface area (Å²) < 4.78 is 0. The van der Waals surface area contributed by atoms with Crippen LogP contribution in [0.2, 0.25) is 10.0 Å². The predicted molar refractivity (Wildman–Crippen MR) is 124 cm³/mol. The third-order valence-corrected chi connectivity index (χ3v) is 6.59. The van der Waals surface area contributed by atoms with Crippen LogP contribution in [0.1, 0.15) is 44.2 Å². The van der Waals surface area contributed by atoms with Gasteiger partial charge in [0.1, 0.15) is 0 Å². The molecular formula is C23H26Cl2N4O2. The molecule has 1 saturated heterocycles. The second-order valence-electron chi connectivity index (χ2n) is 8.10. The molecule has 164 valence electrons. The van der Waals surface area contributed by atoms with Gasteiger partial charge in [0.25, 0.3) is 0 Å². The third kappa shape index (κ3) is 4.64. The Kier molecular flexibility index (Phi) is 6.94. The van der Waals surface area contributed by atoms with Crippen LogP contribution in [0.25, 0.3) is 0 Å². The summed E-state index contributed by atoms with van der Waals surface area (Å²) in [6.45, 7) is 3.19. The number of amides is 1. The number of para-hydroxylation sites is 1. The maximum Gasteiger partial charge on any atom is 0.380 e. The van der Waals surface area contributed by atoms with E-state index in [0.717, 1.165) is 31.2 Å². The monoisotopic (exact) mass is 460 g/mol. The second-order valence-corrected chi connectivity index (χ2v) is 8.95. The summed E-state index contributed by atoms with van der Waals surface area (Å²) in [5.74, 6) is -0.816. The van der Waals surface area contributed by atoms with E-state index in [2.05, 4.69) is 5.10 Å². The fourth-order valence-corrected chi connectivity index (χ4v) is 4.69. The first-order valence-corrected chi connectivity index (χ1v) is 11.4. The van der Waals surface area contributed by atoms with Gasteiger partial charge in [-0.3, -0.25) is 5.01 Å². The Morgan fingerprint density at radius 3 is 2.32 bits per heavy atom. The molecule has 3 atom stereocenters. The van der Waals surface area contributed by atoms with Gasteiger partial charge in [-0.05, 0) is 42.7 Å². The van der Waals surface area contributed by atoms with Gasteiger partial charge in [0.15, 0.2) is 5.71 Å². The summed E-state index contributed by atoms with van der Waals surface area (Å²) in [6, 6.07) is 14.6. The standard InChI is InChI=1S/C23H26Cl2N4O2/c1-16-21(23(30)29(31)27-14-6-2-3-7-15-27)26-28(20-9-5-4-8-19(20)25)22(16)17-10-12-18(24)13-11-17/h4-5,8-13,16,22,29H,2-3,6-7,14-15H2,1H3/t16-,22+/m1/s1. The number of nitrogens with zero attached hydrogens (tertiary/aromatic N) is 3. The van der Waals surface area contributed by atoms with Crippen molar-refractivity contribution in [3.63, 3.8) is 0 Å². The number of nitrogens with one attached hydrogen (secondary N) is 1. The lowest BCUT2D eigenvalue weighted by Gasteiger charge is -2.31. The van der Waals surface area contributed by atoms with Crippen LogP contribution in [-0.4, -0.2) is 29.7 Å². The summed E-state index contributed by atoms with van der Waals surface area (Å²) in [7, 11) is 0. The highest BCUT2D eigenvalue weighted by molar-refractivity contribution is 6.37. The van der Waals surface area contributed by atoms with E-state index >= 15 is 0 Å². The predicted octanol–water partition coefficient (Wildman–Crippen LogP) is 4.25. The number of hydrogen-bond acceptors (Lipinski definition) is 5. The van der Waals surface area contributed by atoms with E-state index in [1.807, 2.05) is 49.4 Å². The van der Waals surface area contributed by atoms with E-state index in [4.69, 9.17) is 23.2 Å². The lowest BCUT2D eigenvalue weighted by atomic mass is 9.91. The van der Waals surface area contributed by atoms with Crippen LogP contribution in [0.5, 0.6) is 0 Å². The molecule has 31 heavy (non-hydrogen) atoms. The van der Waals surface area contributed by atoms with E-state index in [1.165, 1.54) is 0 Å². The van der Waals surface area contributed by atoms with E-state index in [9.17, 15) is 10.0 Å². The molecule has 1 amide bonds. The van der Waals surface area contributed by atoms with Gasteiger partial charge in [-0.25, -0.2) is 9.97 Å². The highest BCUT2D eigenvalue weighted by Crippen LogP contribution is 2.41. The minimum absolute atomic E-state index is 0.270. The minimum Gasteiger partial charge on any atom is -0.605 e. The molecule has 2 aromatic rings. The number of rotatable bonds is 4. The maximum atomic E-state index is 13.3. The van der Waals surface area contributed by atoms with Crippen LogP contribution in [-0.2, 0) is 4.79 Å². The van der Waals surface area contributed by atoms with Crippen molar-refractivity contribution >= 4 is 40.5 Å². The van der Waals surface area contributed by atoms with Crippen LogP contribution in [0.3, 0.4) is 0 Å². The highest BCUT2D eigenvalue weighted by atomic mass is 35.5. The molecule has 0 aliphatic carbocycles. The van der Waals surface area contributed by atoms with Gasteiger partial charge in [0.2, 0.25) is 0 Å². The number of halogens is 2. The molecule has 6 nitrogen and oxygen atoms in total. The van der Waals surface area contributed by atoms with Crippen LogP contribution < -0.4 is 10.2 Å². The van der Waals surface area contributed by atoms with E-state index in [0.29, 0.717) is 28.8 Å². The van der Waals surface area contributed by atoms with Gasteiger partial charge < -0.3 is 5.21 Å². The fraction of sp³-hybridized carbons (Fsp3) is 0.391. The number of hydrazone groups is 1. The van der Waals surface area contributed by atoms with Crippen LogP contribution in [0.15, 0.2) is 53.6 Å². The molecular weight excluding hydrogens is 435 g/mol. The van der Waals surface area contributed by atoms with Gasteiger partial charge in [-0.15, -0.1) is 5.01 Å². The van der Waals surface area contributed by atoms with Crippen molar-refractivity contribution in [2.75, 3.05) is 18.1 Å². The molecule has 0 aromatic heterocycles. The molecule has 0 spiro atoms. The lowest BCUT2D eigenvalue weighted by Crippen LogP contribution is -3.17. The van der Waals surface area contributed by atoms with Crippen molar-refractivity contribution in [3.05, 3.63) is 69.3 Å². The number of hydrogen-bond donors (Lipinski definition) is 1. The fourth-order valence-electron chi connectivity index (χ4n) is 4.34. The number of benzene rings is 2. The SMILES string of the molecule is C[C@@H]1C(C(=O)[NH+]([O-])N2CCCCCC2)=NN(c2ccccc2Cl)[C@@H]1c1ccc(Cl)cc1. The summed E-state index contributed by atoms with van der Waals surface area (Å²) >= 11 is 12.6. The van der Waals surface area contributed by atoms with Gasteiger partial charge in [-0.1, -0.05) is 67.2 Å². The maximum absolute atomic E-state index is 13.3. The van der Waals surface area contributed by atoms with Crippen molar-refractivity contribution < 1.29 is 9.97 Å². The minimum atomic E-state index is -0.525. The van der Waals surface area contributed by atoms with Crippen molar-refractivity contribution in [1.29, 1.82) is 0 Å². The zero-order valence-electron chi connectivity index (χ0n) is 17.4. The van der Waals surface area contributed by atoms with Gasteiger partial charge in [-0.2, -0.15) is 5.10 Å².